The molecule has 2 aliphatic rings. The summed E-state index contributed by atoms with van der Waals surface area (Å²) in [7, 11) is 2.86. The zero-order valence-corrected chi connectivity index (χ0v) is 16.0. The Labute approximate surface area is 160 Å². The van der Waals surface area contributed by atoms with Gasteiger partial charge in [0.1, 0.15) is 5.75 Å². The van der Waals surface area contributed by atoms with Gasteiger partial charge in [-0.2, -0.15) is 0 Å². The van der Waals surface area contributed by atoms with E-state index in [0.717, 1.165) is 38.8 Å². The Hall–Kier alpha value is -2.28. The average molecular weight is 376 g/mol. The molecule has 1 aliphatic heterocycles. The molecule has 148 valence electrons. The Kier molecular flexibility index (Phi) is 6.55. The van der Waals surface area contributed by atoms with Crippen molar-refractivity contribution in [3.05, 3.63) is 23.8 Å². The second-order valence-corrected chi connectivity index (χ2v) is 7.17. The van der Waals surface area contributed by atoms with Crippen LogP contribution >= 0.6 is 0 Å². The zero-order valence-electron chi connectivity index (χ0n) is 16.0. The molecule has 7 nitrogen and oxygen atoms in total. The van der Waals surface area contributed by atoms with E-state index in [1.54, 1.807) is 18.2 Å². The third kappa shape index (κ3) is 4.91. The first-order chi connectivity index (χ1) is 13.1. The molecule has 7 heteroatoms. The summed E-state index contributed by atoms with van der Waals surface area (Å²) in [5.41, 5.74) is 0.814. The summed E-state index contributed by atoms with van der Waals surface area (Å²) >= 11 is 0. The molecule has 0 radical (unpaired) electrons. The number of hydrogen-bond acceptors (Lipinski definition) is 5. The maximum Gasteiger partial charge on any atom is 0.337 e. The SMILES string of the molecule is COC(=O)c1ccc(OC)c(NC(=O)N(CC2CCC2)C[C@@H]2CCCO2)c1. The van der Waals surface area contributed by atoms with Gasteiger partial charge >= 0.3 is 12.0 Å². The lowest BCUT2D eigenvalue weighted by atomic mass is 9.85. The molecule has 3 rings (SSSR count). The van der Waals surface area contributed by atoms with Gasteiger partial charge < -0.3 is 24.4 Å². The number of esters is 1. The van der Waals surface area contributed by atoms with Crippen LogP contribution in [0, 0.1) is 5.92 Å². The van der Waals surface area contributed by atoms with Crippen LogP contribution in [-0.4, -0.2) is 56.9 Å². The summed E-state index contributed by atoms with van der Waals surface area (Å²) in [6, 6.07) is 4.64. The summed E-state index contributed by atoms with van der Waals surface area (Å²) in [6.45, 7) is 2.07. The van der Waals surface area contributed by atoms with Crippen LogP contribution in [0.15, 0.2) is 18.2 Å². The number of anilines is 1. The van der Waals surface area contributed by atoms with E-state index in [1.165, 1.54) is 20.6 Å². The average Bonchev–Trinajstić information content (AvgIpc) is 3.15. The van der Waals surface area contributed by atoms with E-state index in [9.17, 15) is 9.59 Å². The van der Waals surface area contributed by atoms with Crippen LogP contribution in [0.4, 0.5) is 10.5 Å². The van der Waals surface area contributed by atoms with E-state index in [-0.39, 0.29) is 12.1 Å². The van der Waals surface area contributed by atoms with Gasteiger partial charge in [-0.3, -0.25) is 0 Å². The van der Waals surface area contributed by atoms with E-state index in [2.05, 4.69) is 5.32 Å². The highest BCUT2D eigenvalue weighted by Crippen LogP contribution is 2.29. The topological polar surface area (TPSA) is 77.1 Å². The van der Waals surface area contributed by atoms with E-state index >= 15 is 0 Å². The molecule has 1 saturated heterocycles. The second-order valence-electron chi connectivity index (χ2n) is 7.17. The molecular weight excluding hydrogens is 348 g/mol. The standard InChI is InChI=1S/C20H28N2O5/c1-25-18-9-8-15(19(23)26-2)11-17(18)21-20(24)22(12-14-5-3-6-14)13-16-7-4-10-27-16/h8-9,11,14,16H,3-7,10,12-13H2,1-2H3,(H,21,24)/t16-/m0/s1. The Bertz CT molecular complexity index is 668. The van der Waals surface area contributed by atoms with Crippen molar-refractivity contribution in [2.45, 2.75) is 38.2 Å². The molecule has 1 saturated carbocycles. The minimum atomic E-state index is -0.459. The first-order valence-electron chi connectivity index (χ1n) is 9.54. The Morgan fingerprint density at radius 3 is 2.59 bits per heavy atom. The Balaban J connectivity index is 1.73. The van der Waals surface area contributed by atoms with Gasteiger partial charge in [0.05, 0.1) is 31.6 Å². The number of carbonyl (C=O) groups is 2. The molecule has 0 unspecified atom stereocenters. The van der Waals surface area contributed by atoms with E-state index < -0.39 is 5.97 Å². The van der Waals surface area contributed by atoms with Gasteiger partial charge in [-0.15, -0.1) is 0 Å². The second kappa shape index (κ2) is 9.08. The van der Waals surface area contributed by atoms with Crippen LogP contribution in [-0.2, 0) is 9.47 Å². The number of methoxy groups -OCH3 is 2. The van der Waals surface area contributed by atoms with Crippen molar-refractivity contribution < 1.29 is 23.8 Å². The largest absolute Gasteiger partial charge is 0.495 e. The number of benzene rings is 1. The van der Waals surface area contributed by atoms with Crippen molar-refractivity contribution in [1.82, 2.24) is 4.90 Å². The number of rotatable bonds is 7. The van der Waals surface area contributed by atoms with Gasteiger partial charge in [0.25, 0.3) is 0 Å². The first-order valence-corrected chi connectivity index (χ1v) is 9.54. The number of carbonyl (C=O) groups excluding carboxylic acids is 2. The summed E-state index contributed by atoms with van der Waals surface area (Å²) in [6.07, 6.45) is 5.68. The van der Waals surface area contributed by atoms with Crippen LogP contribution in [0.1, 0.15) is 42.5 Å². The normalized spacial score (nSPS) is 19.3. The molecule has 1 aliphatic carbocycles. The lowest BCUT2D eigenvalue weighted by Crippen LogP contribution is -2.44. The number of amides is 2. The Morgan fingerprint density at radius 1 is 1.19 bits per heavy atom. The minimum absolute atomic E-state index is 0.0964. The van der Waals surface area contributed by atoms with E-state index in [4.69, 9.17) is 14.2 Å². The predicted molar refractivity (Wildman–Crippen MR) is 101 cm³/mol. The first kappa shape index (κ1) is 19.5. The molecule has 2 fully saturated rings. The molecule has 2 amide bonds. The fraction of sp³-hybridized carbons (Fsp3) is 0.600. The van der Waals surface area contributed by atoms with Gasteiger partial charge in [-0.1, -0.05) is 6.42 Å². The summed E-state index contributed by atoms with van der Waals surface area (Å²) < 4.78 is 15.8. The summed E-state index contributed by atoms with van der Waals surface area (Å²) in [4.78, 5) is 26.6. The van der Waals surface area contributed by atoms with Crippen LogP contribution in [0.25, 0.3) is 0 Å². The number of nitrogens with one attached hydrogen (secondary N) is 1. The molecule has 1 atom stereocenters. The monoisotopic (exact) mass is 376 g/mol. The highest BCUT2D eigenvalue weighted by Gasteiger charge is 2.28. The van der Waals surface area contributed by atoms with Crippen LogP contribution in [0.2, 0.25) is 0 Å². The molecule has 27 heavy (non-hydrogen) atoms. The van der Waals surface area contributed by atoms with E-state index in [0.29, 0.717) is 29.5 Å². The fourth-order valence-electron chi connectivity index (χ4n) is 3.51. The third-order valence-corrected chi connectivity index (χ3v) is 5.30. The minimum Gasteiger partial charge on any atom is -0.495 e. The van der Waals surface area contributed by atoms with Crippen molar-refractivity contribution in [1.29, 1.82) is 0 Å². The van der Waals surface area contributed by atoms with Crippen molar-refractivity contribution in [2.75, 3.05) is 39.2 Å². The van der Waals surface area contributed by atoms with Crippen molar-refractivity contribution >= 4 is 17.7 Å². The van der Waals surface area contributed by atoms with Crippen LogP contribution in [0.3, 0.4) is 0 Å². The maximum atomic E-state index is 13.0. The smallest absolute Gasteiger partial charge is 0.337 e. The molecule has 0 spiro atoms. The summed E-state index contributed by atoms with van der Waals surface area (Å²) in [5.74, 6) is 0.594. The highest BCUT2D eigenvalue weighted by atomic mass is 16.5. The van der Waals surface area contributed by atoms with Gasteiger partial charge in [0.15, 0.2) is 0 Å². The molecule has 1 heterocycles. The molecule has 1 N–H and O–H groups in total. The lowest BCUT2D eigenvalue weighted by molar-refractivity contribution is 0.0600. The van der Waals surface area contributed by atoms with Gasteiger partial charge in [-0.25, -0.2) is 9.59 Å². The van der Waals surface area contributed by atoms with Crippen LogP contribution < -0.4 is 10.1 Å². The van der Waals surface area contributed by atoms with Crippen LogP contribution in [0.5, 0.6) is 5.75 Å². The highest BCUT2D eigenvalue weighted by molar-refractivity contribution is 5.95. The van der Waals surface area contributed by atoms with Crippen molar-refractivity contribution in [2.24, 2.45) is 5.92 Å². The lowest BCUT2D eigenvalue weighted by Gasteiger charge is -2.33. The van der Waals surface area contributed by atoms with Gasteiger partial charge in [-0.05, 0) is 49.8 Å². The predicted octanol–water partition coefficient (Wildman–Crippen LogP) is 3.29. The number of urea groups is 1. The number of nitrogens with zero attached hydrogens (tertiary/aromatic N) is 1. The maximum absolute atomic E-state index is 13.0. The third-order valence-electron chi connectivity index (χ3n) is 5.30. The van der Waals surface area contributed by atoms with Crippen molar-refractivity contribution in [3.63, 3.8) is 0 Å². The zero-order chi connectivity index (χ0) is 19.2. The number of hydrogen-bond donors (Lipinski definition) is 1. The van der Waals surface area contributed by atoms with Gasteiger partial charge in [0.2, 0.25) is 0 Å². The fourth-order valence-corrected chi connectivity index (χ4v) is 3.51. The Morgan fingerprint density at radius 2 is 2.00 bits per heavy atom. The molecular formula is C20H28N2O5. The molecule has 0 bridgehead atoms. The summed E-state index contributed by atoms with van der Waals surface area (Å²) in [5, 5.41) is 2.91. The van der Waals surface area contributed by atoms with E-state index in [1.807, 2.05) is 4.90 Å². The van der Waals surface area contributed by atoms with Crippen molar-refractivity contribution in [3.8, 4) is 5.75 Å². The molecule has 1 aromatic rings. The molecule has 1 aromatic carbocycles. The molecule has 0 aromatic heterocycles. The quantitative estimate of drug-likeness (QED) is 0.739. The van der Waals surface area contributed by atoms with Gasteiger partial charge in [0, 0.05) is 19.7 Å². The number of ether oxygens (including phenoxy) is 3.